The third-order valence-corrected chi connectivity index (χ3v) is 7.51. The molecule has 218 valence electrons. The van der Waals surface area contributed by atoms with Crippen molar-refractivity contribution in [1.82, 2.24) is 25.2 Å². The van der Waals surface area contributed by atoms with Gasteiger partial charge in [0.15, 0.2) is 5.82 Å². The Hall–Kier alpha value is -4.73. The minimum Gasteiger partial charge on any atom is -0.462 e. The van der Waals surface area contributed by atoms with Crippen molar-refractivity contribution in [3.63, 3.8) is 0 Å². The zero-order chi connectivity index (χ0) is 29.7. The van der Waals surface area contributed by atoms with Gasteiger partial charge in [0.25, 0.3) is 5.91 Å². The van der Waals surface area contributed by atoms with Crippen molar-refractivity contribution in [3.05, 3.63) is 78.0 Å². The summed E-state index contributed by atoms with van der Waals surface area (Å²) in [4.78, 5) is 52.8. The smallest absolute Gasteiger partial charge is 0.316 e. The van der Waals surface area contributed by atoms with E-state index in [9.17, 15) is 14.4 Å². The summed E-state index contributed by atoms with van der Waals surface area (Å²) in [6, 6.07) is 21.1. The highest BCUT2D eigenvalue weighted by molar-refractivity contribution is 6.00. The number of rotatable bonds is 9. The maximum atomic E-state index is 13.7. The lowest BCUT2D eigenvalue weighted by atomic mass is 9.72. The van der Waals surface area contributed by atoms with E-state index < -0.39 is 5.41 Å². The molecule has 1 fully saturated rings. The molecular formula is C32H36N6O4. The van der Waals surface area contributed by atoms with E-state index in [0.29, 0.717) is 67.4 Å². The Kier molecular flexibility index (Phi) is 8.51. The van der Waals surface area contributed by atoms with E-state index >= 15 is 0 Å². The van der Waals surface area contributed by atoms with Crippen LogP contribution in [0.1, 0.15) is 49.7 Å². The van der Waals surface area contributed by atoms with Gasteiger partial charge in [0, 0.05) is 38.7 Å². The van der Waals surface area contributed by atoms with Crippen molar-refractivity contribution in [1.29, 1.82) is 0 Å². The third-order valence-electron chi connectivity index (χ3n) is 7.51. The fourth-order valence-electron chi connectivity index (χ4n) is 5.35. The molecule has 2 aromatic carbocycles. The van der Waals surface area contributed by atoms with Crippen LogP contribution in [0.2, 0.25) is 0 Å². The summed E-state index contributed by atoms with van der Waals surface area (Å²) < 4.78 is 5.69. The van der Waals surface area contributed by atoms with E-state index in [0.717, 1.165) is 11.1 Å². The number of benzene rings is 2. The largest absolute Gasteiger partial charge is 0.462 e. The molecule has 3 heterocycles. The third kappa shape index (κ3) is 6.12. The molecule has 0 radical (unpaired) electrons. The van der Waals surface area contributed by atoms with Gasteiger partial charge in [0.05, 0.1) is 16.9 Å². The second kappa shape index (κ2) is 12.4. The Morgan fingerprint density at radius 1 is 0.976 bits per heavy atom. The molecular weight excluding hydrogens is 532 g/mol. The van der Waals surface area contributed by atoms with Crippen LogP contribution in [0, 0.1) is 0 Å². The fraction of sp³-hybridized carbons (Fsp3) is 0.344. The number of fused-ring (bicyclic) bond motifs is 1. The van der Waals surface area contributed by atoms with Crippen molar-refractivity contribution >= 4 is 34.6 Å². The second-order valence-electron chi connectivity index (χ2n) is 10.8. The quantitative estimate of drug-likeness (QED) is 0.203. The maximum Gasteiger partial charge on any atom is 0.316 e. The fourth-order valence-corrected chi connectivity index (χ4v) is 5.35. The van der Waals surface area contributed by atoms with E-state index in [1.165, 1.54) is 6.92 Å². The topological polar surface area (TPSA) is 129 Å². The Bertz CT molecular complexity index is 1560. The molecule has 5 rings (SSSR count). The van der Waals surface area contributed by atoms with Crippen LogP contribution in [0.15, 0.2) is 66.7 Å². The summed E-state index contributed by atoms with van der Waals surface area (Å²) in [6.07, 6.45) is 0.692. The monoisotopic (exact) mass is 568 g/mol. The molecule has 1 aliphatic heterocycles. The maximum absolute atomic E-state index is 13.7. The van der Waals surface area contributed by atoms with Gasteiger partial charge in [-0.2, -0.15) is 0 Å². The van der Waals surface area contributed by atoms with Gasteiger partial charge in [0.2, 0.25) is 5.91 Å². The molecule has 1 saturated heterocycles. The first-order valence-electron chi connectivity index (χ1n) is 14.3. The molecule has 0 atom stereocenters. The lowest BCUT2D eigenvalue weighted by Crippen LogP contribution is -2.50. The van der Waals surface area contributed by atoms with Crippen LogP contribution < -0.4 is 10.6 Å². The van der Waals surface area contributed by atoms with E-state index in [-0.39, 0.29) is 23.9 Å². The van der Waals surface area contributed by atoms with E-state index in [2.05, 4.69) is 15.6 Å². The predicted octanol–water partition coefficient (Wildman–Crippen LogP) is 4.30. The zero-order valence-corrected chi connectivity index (χ0v) is 24.1. The number of carbonyl (C=O) groups is 3. The second-order valence-corrected chi connectivity index (χ2v) is 10.8. The number of esters is 1. The van der Waals surface area contributed by atoms with Gasteiger partial charge in [0.1, 0.15) is 17.2 Å². The van der Waals surface area contributed by atoms with Gasteiger partial charge in [-0.25, -0.2) is 9.97 Å². The number of aromatic amines is 1. The van der Waals surface area contributed by atoms with Crippen molar-refractivity contribution in [2.75, 3.05) is 31.5 Å². The van der Waals surface area contributed by atoms with Crippen molar-refractivity contribution < 1.29 is 19.1 Å². The summed E-state index contributed by atoms with van der Waals surface area (Å²) in [5.41, 5.74) is 1.88. The van der Waals surface area contributed by atoms with Crippen LogP contribution in [-0.4, -0.2) is 69.9 Å². The average molecular weight is 569 g/mol. The van der Waals surface area contributed by atoms with Crippen LogP contribution in [0.3, 0.4) is 0 Å². The number of piperidine rings is 1. The van der Waals surface area contributed by atoms with E-state index in [1.807, 2.05) is 74.5 Å². The van der Waals surface area contributed by atoms with Gasteiger partial charge in [-0.05, 0) is 38.3 Å². The predicted molar refractivity (Wildman–Crippen MR) is 161 cm³/mol. The van der Waals surface area contributed by atoms with Crippen LogP contribution in [0.5, 0.6) is 0 Å². The lowest BCUT2D eigenvalue weighted by molar-refractivity contribution is -0.156. The standard InChI is InChI=1S/C32H36N6O4/c1-21(2)42-31(41)32(24-12-8-5-9-13-24)14-18-38(19-15-32)30(40)26-20-25-28(34-17-16-33-22(3)39)36-27(37-29(25)35-26)23-10-6-4-7-11-23/h4-13,20-21H,14-19H2,1-3H3,(H,33,39)(H2,34,35,36,37). The molecule has 4 aromatic rings. The number of amides is 2. The van der Waals surface area contributed by atoms with Crippen molar-refractivity contribution in [2.24, 2.45) is 0 Å². The molecule has 2 amide bonds. The van der Waals surface area contributed by atoms with Crippen LogP contribution in [0.4, 0.5) is 5.82 Å². The molecule has 2 aromatic heterocycles. The number of carbonyl (C=O) groups excluding carboxylic acids is 3. The molecule has 1 aliphatic rings. The highest BCUT2D eigenvalue weighted by Crippen LogP contribution is 2.38. The summed E-state index contributed by atoms with van der Waals surface area (Å²) in [5.74, 6) is 0.551. The lowest BCUT2D eigenvalue weighted by Gasteiger charge is -2.40. The van der Waals surface area contributed by atoms with Gasteiger partial charge < -0.3 is 25.3 Å². The molecule has 10 nitrogen and oxygen atoms in total. The van der Waals surface area contributed by atoms with Gasteiger partial charge in [-0.3, -0.25) is 14.4 Å². The normalized spacial score (nSPS) is 14.5. The van der Waals surface area contributed by atoms with Crippen molar-refractivity contribution in [3.8, 4) is 11.4 Å². The molecule has 0 bridgehead atoms. The number of nitrogens with one attached hydrogen (secondary N) is 3. The summed E-state index contributed by atoms with van der Waals surface area (Å²) >= 11 is 0. The molecule has 0 aliphatic carbocycles. The summed E-state index contributed by atoms with van der Waals surface area (Å²) in [6.45, 7) is 6.85. The van der Waals surface area contributed by atoms with Gasteiger partial charge >= 0.3 is 5.97 Å². The van der Waals surface area contributed by atoms with Gasteiger partial charge in [-0.15, -0.1) is 0 Å². The molecule has 10 heteroatoms. The highest BCUT2D eigenvalue weighted by atomic mass is 16.5. The van der Waals surface area contributed by atoms with Crippen LogP contribution >= 0.6 is 0 Å². The number of anilines is 1. The van der Waals surface area contributed by atoms with E-state index in [1.54, 1.807) is 11.0 Å². The number of ether oxygens (including phenoxy) is 1. The van der Waals surface area contributed by atoms with Crippen molar-refractivity contribution in [2.45, 2.75) is 45.1 Å². The molecule has 0 saturated carbocycles. The average Bonchev–Trinajstić information content (AvgIpc) is 3.44. The highest BCUT2D eigenvalue weighted by Gasteiger charge is 2.45. The SMILES string of the molecule is CC(=O)NCCNc1nc(-c2ccccc2)nc2[nH]c(C(=O)N3CCC(C(=O)OC(C)C)(c4ccccc4)CC3)cc12. The molecule has 42 heavy (non-hydrogen) atoms. The first-order chi connectivity index (χ1) is 20.3. The number of likely N-dealkylation sites (tertiary alicyclic amines) is 1. The minimum absolute atomic E-state index is 0.112. The molecule has 0 spiro atoms. The first kappa shape index (κ1) is 28.8. The van der Waals surface area contributed by atoms with Crippen LogP contribution in [0.25, 0.3) is 22.4 Å². The number of hydrogen-bond donors (Lipinski definition) is 3. The Labute approximate surface area is 244 Å². The van der Waals surface area contributed by atoms with E-state index in [4.69, 9.17) is 14.7 Å². The summed E-state index contributed by atoms with van der Waals surface area (Å²) in [5, 5.41) is 6.72. The Balaban J connectivity index is 1.40. The number of hydrogen-bond acceptors (Lipinski definition) is 7. The number of H-pyrrole nitrogens is 1. The minimum atomic E-state index is -0.802. The van der Waals surface area contributed by atoms with Gasteiger partial charge in [-0.1, -0.05) is 60.7 Å². The zero-order valence-electron chi connectivity index (χ0n) is 24.1. The molecule has 0 unspecified atom stereocenters. The number of aromatic nitrogens is 3. The Morgan fingerprint density at radius 2 is 1.64 bits per heavy atom. The molecule has 3 N–H and O–H groups in total. The first-order valence-corrected chi connectivity index (χ1v) is 14.3. The summed E-state index contributed by atoms with van der Waals surface area (Å²) in [7, 11) is 0. The number of nitrogens with zero attached hydrogens (tertiary/aromatic N) is 3. The Morgan fingerprint density at radius 3 is 2.29 bits per heavy atom. The van der Waals surface area contributed by atoms with Crippen LogP contribution in [-0.2, 0) is 19.7 Å².